The summed E-state index contributed by atoms with van der Waals surface area (Å²) >= 11 is 0. The molecule has 0 fully saturated rings. The molecule has 0 bridgehead atoms. The van der Waals surface area contributed by atoms with Crippen molar-refractivity contribution >= 4 is 5.52 Å². The lowest BCUT2D eigenvalue weighted by molar-refractivity contribution is 0.562. The maximum absolute atomic E-state index is 8.73. The van der Waals surface area contributed by atoms with Crippen LogP contribution in [-0.4, -0.2) is 14.6 Å². The van der Waals surface area contributed by atoms with E-state index in [1.807, 2.05) is 12.3 Å². The van der Waals surface area contributed by atoms with Crippen molar-refractivity contribution < 1.29 is 0 Å². The molecular weight excluding hydrogens is 200 g/mol. The normalized spacial score (nSPS) is 11.6. The van der Waals surface area contributed by atoms with E-state index < -0.39 is 0 Å². The van der Waals surface area contributed by atoms with Crippen molar-refractivity contribution in [3.63, 3.8) is 0 Å². The lowest BCUT2D eigenvalue weighted by atomic mass is 9.92. The first kappa shape index (κ1) is 10.6. The van der Waals surface area contributed by atoms with E-state index in [4.69, 9.17) is 5.26 Å². The van der Waals surface area contributed by atoms with Crippen LogP contribution in [0.3, 0.4) is 0 Å². The smallest absolute Gasteiger partial charge is 0.0890 e. The van der Waals surface area contributed by atoms with Crippen molar-refractivity contribution in [3.05, 3.63) is 29.8 Å². The van der Waals surface area contributed by atoms with Gasteiger partial charge in [0.15, 0.2) is 0 Å². The maximum atomic E-state index is 8.73. The molecule has 0 saturated carbocycles. The number of hydrogen-bond donors (Lipinski definition) is 0. The van der Waals surface area contributed by atoms with Crippen molar-refractivity contribution in [2.24, 2.45) is 0 Å². The van der Waals surface area contributed by atoms with E-state index in [1.165, 1.54) is 0 Å². The van der Waals surface area contributed by atoms with Gasteiger partial charge in [0.05, 0.1) is 29.4 Å². The van der Waals surface area contributed by atoms with Gasteiger partial charge in [-0.05, 0) is 6.07 Å². The standard InChI is InChI=1S/C12H14N4/c1-12(2,3)11-8-10-9(4-5-13)14-6-7-16(10)15-11/h6-8H,4H2,1-3H3. The third-order valence-corrected chi connectivity index (χ3v) is 2.48. The number of nitrogens with zero attached hydrogens (tertiary/aromatic N) is 4. The summed E-state index contributed by atoms with van der Waals surface area (Å²) in [6.45, 7) is 6.35. The molecular formula is C12H14N4. The highest BCUT2D eigenvalue weighted by molar-refractivity contribution is 5.53. The summed E-state index contributed by atoms with van der Waals surface area (Å²) in [6, 6.07) is 4.13. The fraction of sp³-hybridized carbons (Fsp3) is 0.417. The maximum Gasteiger partial charge on any atom is 0.0890 e. The molecule has 82 valence electrons. The van der Waals surface area contributed by atoms with Crippen LogP contribution < -0.4 is 0 Å². The molecule has 2 heterocycles. The van der Waals surface area contributed by atoms with Gasteiger partial charge in [-0.1, -0.05) is 20.8 Å². The average molecular weight is 214 g/mol. The van der Waals surface area contributed by atoms with Gasteiger partial charge in [-0.25, -0.2) is 4.52 Å². The third kappa shape index (κ3) is 1.76. The van der Waals surface area contributed by atoms with Crippen LogP contribution in [0.1, 0.15) is 32.2 Å². The molecule has 0 amide bonds. The summed E-state index contributed by atoms with van der Waals surface area (Å²) in [4.78, 5) is 4.21. The Labute approximate surface area is 94.5 Å². The molecule has 0 atom stereocenters. The molecule has 0 unspecified atom stereocenters. The second-order valence-electron chi connectivity index (χ2n) is 4.82. The van der Waals surface area contributed by atoms with Crippen LogP contribution >= 0.6 is 0 Å². The van der Waals surface area contributed by atoms with E-state index in [0.29, 0.717) is 6.42 Å². The zero-order valence-corrected chi connectivity index (χ0v) is 9.73. The Bertz CT molecular complexity index is 554. The van der Waals surface area contributed by atoms with Gasteiger partial charge in [0, 0.05) is 17.8 Å². The molecule has 2 aromatic rings. The van der Waals surface area contributed by atoms with Crippen LogP contribution in [0, 0.1) is 11.3 Å². The Kier molecular flexibility index (Phi) is 2.39. The van der Waals surface area contributed by atoms with E-state index in [9.17, 15) is 0 Å². The Hall–Kier alpha value is -1.89. The van der Waals surface area contributed by atoms with Crippen LogP contribution in [0.25, 0.3) is 5.52 Å². The molecule has 0 aliphatic rings. The summed E-state index contributed by atoms with van der Waals surface area (Å²) in [7, 11) is 0. The van der Waals surface area contributed by atoms with Gasteiger partial charge in [-0.15, -0.1) is 0 Å². The van der Waals surface area contributed by atoms with E-state index in [2.05, 4.69) is 36.9 Å². The largest absolute Gasteiger partial charge is 0.256 e. The monoisotopic (exact) mass is 214 g/mol. The quantitative estimate of drug-likeness (QED) is 0.730. The van der Waals surface area contributed by atoms with Gasteiger partial charge in [0.1, 0.15) is 0 Å². The zero-order valence-electron chi connectivity index (χ0n) is 9.73. The topological polar surface area (TPSA) is 54.0 Å². The number of rotatable bonds is 1. The molecule has 4 nitrogen and oxygen atoms in total. The molecule has 0 N–H and O–H groups in total. The number of aromatic nitrogens is 3. The van der Waals surface area contributed by atoms with E-state index >= 15 is 0 Å². The van der Waals surface area contributed by atoms with Gasteiger partial charge in [-0.2, -0.15) is 10.4 Å². The van der Waals surface area contributed by atoms with Crippen LogP contribution in [0.2, 0.25) is 0 Å². The van der Waals surface area contributed by atoms with Crippen molar-refractivity contribution in [1.29, 1.82) is 5.26 Å². The Morgan fingerprint density at radius 3 is 2.81 bits per heavy atom. The molecule has 0 aliphatic heterocycles. The summed E-state index contributed by atoms with van der Waals surface area (Å²) in [6.07, 6.45) is 3.81. The minimum atomic E-state index is 0.00985. The van der Waals surface area contributed by atoms with Gasteiger partial charge >= 0.3 is 0 Å². The van der Waals surface area contributed by atoms with Crippen LogP contribution in [0.4, 0.5) is 0 Å². The lowest BCUT2D eigenvalue weighted by Crippen LogP contribution is -2.11. The Balaban J connectivity index is 2.62. The first-order valence-corrected chi connectivity index (χ1v) is 5.23. The molecule has 4 heteroatoms. The highest BCUT2D eigenvalue weighted by atomic mass is 15.2. The average Bonchev–Trinajstić information content (AvgIpc) is 2.62. The molecule has 2 rings (SSSR count). The fourth-order valence-corrected chi connectivity index (χ4v) is 1.55. The minimum Gasteiger partial charge on any atom is -0.256 e. The van der Waals surface area contributed by atoms with Gasteiger partial charge in [0.2, 0.25) is 0 Å². The SMILES string of the molecule is CC(C)(C)c1cc2c(CC#N)nccn2n1. The van der Waals surface area contributed by atoms with Crippen LogP contribution in [0.15, 0.2) is 18.5 Å². The second-order valence-corrected chi connectivity index (χ2v) is 4.82. The minimum absolute atomic E-state index is 0.00985. The second kappa shape index (κ2) is 3.60. The molecule has 0 aromatic carbocycles. The van der Waals surface area contributed by atoms with Crippen molar-refractivity contribution in [2.45, 2.75) is 32.6 Å². The molecule has 2 aromatic heterocycles. The third-order valence-electron chi connectivity index (χ3n) is 2.48. The van der Waals surface area contributed by atoms with Gasteiger partial charge in [0.25, 0.3) is 0 Å². The summed E-state index contributed by atoms with van der Waals surface area (Å²) in [5.41, 5.74) is 2.73. The Morgan fingerprint density at radius 2 is 2.19 bits per heavy atom. The number of fused-ring (bicyclic) bond motifs is 1. The Morgan fingerprint density at radius 1 is 1.44 bits per heavy atom. The highest BCUT2D eigenvalue weighted by Crippen LogP contribution is 2.22. The summed E-state index contributed by atoms with van der Waals surface area (Å²) < 4.78 is 1.79. The summed E-state index contributed by atoms with van der Waals surface area (Å²) in [5, 5.41) is 13.2. The molecule has 16 heavy (non-hydrogen) atoms. The molecule has 0 saturated heterocycles. The van der Waals surface area contributed by atoms with E-state index in [1.54, 1.807) is 10.7 Å². The lowest BCUT2D eigenvalue weighted by Gasteiger charge is -2.13. The summed E-state index contributed by atoms with van der Waals surface area (Å²) in [5.74, 6) is 0. The van der Waals surface area contributed by atoms with E-state index in [-0.39, 0.29) is 5.41 Å². The van der Waals surface area contributed by atoms with Gasteiger partial charge < -0.3 is 0 Å². The van der Waals surface area contributed by atoms with Crippen LogP contribution in [-0.2, 0) is 11.8 Å². The first-order chi connectivity index (χ1) is 7.52. The van der Waals surface area contributed by atoms with Crippen molar-refractivity contribution in [3.8, 4) is 6.07 Å². The van der Waals surface area contributed by atoms with Crippen LogP contribution in [0.5, 0.6) is 0 Å². The number of nitriles is 1. The molecule has 0 radical (unpaired) electrons. The first-order valence-electron chi connectivity index (χ1n) is 5.23. The predicted molar refractivity (Wildman–Crippen MR) is 61.0 cm³/mol. The highest BCUT2D eigenvalue weighted by Gasteiger charge is 2.18. The molecule has 0 spiro atoms. The number of hydrogen-bond acceptors (Lipinski definition) is 3. The predicted octanol–water partition coefficient (Wildman–Crippen LogP) is 2.09. The van der Waals surface area contributed by atoms with Gasteiger partial charge in [-0.3, -0.25) is 4.98 Å². The van der Waals surface area contributed by atoms with Crippen molar-refractivity contribution in [1.82, 2.24) is 14.6 Å². The molecule has 0 aliphatic carbocycles. The van der Waals surface area contributed by atoms with E-state index in [0.717, 1.165) is 16.9 Å². The zero-order chi connectivity index (χ0) is 11.8. The van der Waals surface area contributed by atoms with Crippen molar-refractivity contribution in [2.75, 3.05) is 0 Å². The fourth-order valence-electron chi connectivity index (χ4n) is 1.55.